The van der Waals surface area contributed by atoms with Gasteiger partial charge in [-0.1, -0.05) is 48.0 Å². The van der Waals surface area contributed by atoms with Crippen LogP contribution in [-0.4, -0.2) is 24.6 Å². The van der Waals surface area contributed by atoms with E-state index < -0.39 is 6.16 Å². The Labute approximate surface area is 199 Å². The predicted octanol–water partition coefficient (Wildman–Crippen LogP) is 5.03. The highest BCUT2D eigenvalue weighted by atomic mass is 16.7. The van der Waals surface area contributed by atoms with Gasteiger partial charge in [0.15, 0.2) is 0 Å². The predicted molar refractivity (Wildman–Crippen MR) is 130 cm³/mol. The molecule has 0 atom stereocenters. The van der Waals surface area contributed by atoms with Crippen molar-refractivity contribution in [3.05, 3.63) is 95.1 Å². The Morgan fingerprint density at radius 2 is 1.68 bits per heavy atom. The summed E-state index contributed by atoms with van der Waals surface area (Å²) in [5.41, 5.74) is 4.16. The topological polar surface area (TPSA) is 93.7 Å². The van der Waals surface area contributed by atoms with Crippen LogP contribution in [0.4, 0.5) is 10.5 Å². The van der Waals surface area contributed by atoms with Crippen LogP contribution in [0.2, 0.25) is 0 Å². The molecule has 34 heavy (non-hydrogen) atoms. The maximum atomic E-state index is 12.5. The minimum absolute atomic E-state index is 0.0857. The highest BCUT2D eigenvalue weighted by molar-refractivity contribution is 5.95. The molecule has 2 amide bonds. The van der Waals surface area contributed by atoms with Gasteiger partial charge in [-0.05, 0) is 61.7 Å². The Bertz CT molecular complexity index is 1140. The molecular formula is C27H28N2O5. The van der Waals surface area contributed by atoms with Crippen LogP contribution in [0.15, 0.2) is 72.8 Å². The fourth-order valence-electron chi connectivity index (χ4n) is 3.33. The molecule has 0 saturated carbocycles. The number of hydrogen-bond donors (Lipinski definition) is 2. The number of para-hydroxylation sites is 1. The van der Waals surface area contributed by atoms with Crippen molar-refractivity contribution in [2.45, 2.75) is 33.2 Å². The van der Waals surface area contributed by atoms with E-state index in [2.05, 4.69) is 16.7 Å². The van der Waals surface area contributed by atoms with E-state index in [0.717, 1.165) is 11.1 Å². The first kappa shape index (κ1) is 24.5. The van der Waals surface area contributed by atoms with E-state index in [0.29, 0.717) is 24.1 Å². The van der Waals surface area contributed by atoms with Crippen LogP contribution in [0.25, 0.3) is 0 Å². The zero-order chi connectivity index (χ0) is 24.3. The lowest BCUT2D eigenvalue weighted by atomic mass is 10.1. The Kier molecular flexibility index (Phi) is 8.80. The number of carbonyl (C=O) groups is 3. The second-order valence-corrected chi connectivity index (χ2v) is 7.69. The summed E-state index contributed by atoms with van der Waals surface area (Å²) in [6.07, 6.45) is 0.226. The molecule has 176 valence electrons. The monoisotopic (exact) mass is 460 g/mol. The van der Waals surface area contributed by atoms with Gasteiger partial charge in [-0.15, -0.1) is 0 Å². The molecule has 0 fully saturated rings. The molecule has 0 aromatic heterocycles. The van der Waals surface area contributed by atoms with Gasteiger partial charge >= 0.3 is 6.16 Å². The molecule has 0 unspecified atom stereocenters. The first-order chi connectivity index (χ1) is 16.4. The smallest absolute Gasteiger partial charge is 0.434 e. The Morgan fingerprint density at radius 3 is 2.41 bits per heavy atom. The van der Waals surface area contributed by atoms with Crippen LogP contribution in [0, 0.1) is 6.92 Å². The van der Waals surface area contributed by atoms with E-state index in [1.807, 2.05) is 49.4 Å². The highest BCUT2D eigenvalue weighted by Gasteiger charge is 2.11. The number of nitrogens with one attached hydrogen (secondary N) is 2. The number of benzene rings is 3. The molecule has 7 heteroatoms. The van der Waals surface area contributed by atoms with Crippen molar-refractivity contribution in [3.8, 4) is 5.75 Å². The fourth-order valence-corrected chi connectivity index (χ4v) is 3.33. The summed E-state index contributed by atoms with van der Waals surface area (Å²) in [4.78, 5) is 36.4. The Hall–Kier alpha value is -4.13. The molecule has 0 aliphatic rings. The number of ether oxygens (including phenoxy) is 2. The molecule has 3 aromatic carbocycles. The third-order valence-corrected chi connectivity index (χ3v) is 5.03. The lowest BCUT2D eigenvalue weighted by Gasteiger charge is -2.12. The minimum Gasteiger partial charge on any atom is -0.434 e. The summed E-state index contributed by atoms with van der Waals surface area (Å²) in [6, 6.07) is 21.6. The highest BCUT2D eigenvalue weighted by Crippen LogP contribution is 2.17. The molecule has 0 bridgehead atoms. The average molecular weight is 461 g/mol. The normalized spacial score (nSPS) is 10.3. The maximum absolute atomic E-state index is 12.5. The van der Waals surface area contributed by atoms with Crippen LogP contribution >= 0.6 is 0 Å². The molecule has 7 nitrogen and oxygen atoms in total. The molecular weight excluding hydrogens is 432 g/mol. The molecule has 0 aliphatic heterocycles. The van der Waals surface area contributed by atoms with E-state index in [1.54, 1.807) is 19.1 Å². The van der Waals surface area contributed by atoms with Crippen LogP contribution in [-0.2, 0) is 22.5 Å². The summed E-state index contributed by atoms with van der Waals surface area (Å²) < 4.78 is 9.71. The SMILES string of the molecule is CCOC(=O)Oc1ccc(C(=O)NCc2ccccc2NC(=O)CCc2cccc(C)c2)cc1. The second kappa shape index (κ2) is 12.2. The molecule has 0 saturated heterocycles. The standard InChI is InChI=1S/C27H28N2O5/c1-3-33-27(32)34-23-14-12-21(13-15-23)26(31)28-18-22-9-4-5-10-24(22)29-25(30)16-11-20-8-6-7-19(2)17-20/h4-10,12-15,17H,3,11,16,18H2,1-2H3,(H,28,31)(H,29,30). The largest absolute Gasteiger partial charge is 0.513 e. The van der Waals surface area contributed by atoms with Gasteiger partial charge in [0.2, 0.25) is 5.91 Å². The minimum atomic E-state index is -0.794. The number of hydrogen-bond acceptors (Lipinski definition) is 5. The molecule has 0 spiro atoms. The van der Waals surface area contributed by atoms with E-state index in [9.17, 15) is 14.4 Å². The maximum Gasteiger partial charge on any atom is 0.513 e. The van der Waals surface area contributed by atoms with Crippen molar-refractivity contribution in [1.29, 1.82) is 0 Å². The number of amides is 2. The van der Waals surface area contributed by atoms with Gasteiger partial charge in [-0.2, -0.15) is 0 Å². The van der Waals surface area contributed by atoms with Gasteiger partial charge in [0.25, 0.3) is 5.91 Å². The van der Waals surface area contributed by atoms with Crippen molar-refractivity contribution >= 4 is 23.7 Å². The zero-order valence-corrected chi connectivity index (χ0v) is 19.3. The van der Waals surface area contributed by atoms with Gasteiger partial charge in [-0.3, -0.25) is 9.59 Å². The first-order valence-corrected chi connectivity index (χ1v) is 11.1. The second-order valence-electron chi connectivity index (χ2n) is 7.69. The summed E-state index contributed by atoms with van der Waals surface area (Å²) in [5.74, 6) is -0.0885. The number of anilines is 1. The molecule has 0 aliphatic carbocycles. The number of carbonyl (C=O) groups excluding carboxylic acids is 3. The molecule has 0 radical (unpaired) electrons. The Balaban J connectivity index is 1.53. The third-order valence-electron chi connectivity index (χ3n) is 5.03. The molecule has 2 N–H and O–H groups in total. The lowest BCUT2D eigenvalue weighted by molar-refractivity contribution is -0.116. The van der Waals surface area contributed by atoms with Crippen molar-refractivity contribution in [2.24, 2.45) is 0 Å². The fraction of sp³-hybridized carbons (Fsp3) is 0.222. The van der Waals surface area contributed by atoms with E-state index in [-0.39, 0.29) is 30.7 Å². The third kappa shape index (κ3) is 7.48. The van der Waals surface area contributed by atoms with Crippen LogP contribution < -0.4 is 15.4 Å². The van der Waals surface area contributed by atoms with E-state index >= 15 is 0 Å². The quantitative estimate of drug-likeness (QED) is 0.345. The van der Waals surface area contributed by atoms with Gasteiger partial charge in [0.1, 0.15) is 5.75 Å². The van der Waals surface area contributed by atoms with Gasteiger partial charge in [-0.25, -0.2) is 4.79 Å². The van der Waals surface area contributed by atoms with Gasteiger partial charge in [0.05, 0.1) is 6.61 Å². The molecule has 0 heterocycles. The van der Waals surface area contributed by atoms with Gasteiger partial charge < -0.3 is 20.1 Å². The number of aryl methyl sites for hydroxylation is 2. The summed E-state index contributed by atoms with van der Waals surface area (Å²) in [5, 5.41) is 5.80. The van der Waals surface area contributed by atoms with Crippen molar-refractivity contribution in [1.82, 2.24) is 5.32 Å². The number of rotatable bonds is 9. The van der Waals surface area contributed by atoms with E-state index in [4.69, 9.17) is 9.47 Å². The summed E-state index contributed by atoms with van der Waals surface area (Å²) in [6.45, 7) is 4.17. The van der Waals surface area contributed by atoms with Crippen LogP contribution in [0.3, 0.4) is 0 Å². The first-order valence-electron chi connectivity index (χ1n) is 11.1. The molecule has 3 rings (SSSR count). The van der Waals surface area contributed by atoms with Crippen molar-refractivity contribution in [3.63, 3.8) is 0 Å². The summed E-state index contributed by atoms with van der Waals surface area (Å²) >= 11 is 0. The van der Waals surface area contributed by atoms with E-state index in [1.165, 1.54) is 17.7 Å². The van der Waals surface area contributed by atoms with Gasteiger partial charge in [0, 0.05) is 24.2 Å². The van der Waals surface area contributed by atoms with Crippen molar-refractivity contribution < 1.29 is 23.9 Å². The summed E-state index contributed by atoms with van der Waals surface area (Å²) in [7, 11) is 0. The zero-order valence-electron chi connectivity index (χ0n) is 19.3. The average Bonchev–Trinajstić information content (AvgIpc) is 2.83. The van der Waals surface area contributed by atoms with Crippen LogP contribution in [0.1, 0.15) is 40.4 Å². The van der Waals surface area contributed by atoms with Crippen LogP contribution in [0.5, 0.6) is 5.75 Å². The Morgan fingerprint density at radius 1 is 0.912 bits per heavy atom. The molecule has 3 aromatic rings. The van der Waals surface area contributed by atoms with Crippen molar-refractivity contribution in [2.75, 3.05) is 11.9 Å². The lowest BCUT2D eigenvalue weighted by Crippen LogP contribution is -2.24.